The Kier molecular flexibility index (Phi) is 6.46. The molecule has 0 unspecified atom stereocenters. The number of hydrogen-bond donors (Lipinski definition) is 0. The summed E-state index contributed by atoms with van der Waals surface area (Å²) in [6.07, 6.45) is 3.27. The van der Waals surface area contributed by atoms with Gasteiger partial charge in [-0.25, -0.2) is 14.8 Å². The number of aryl methyl sites for hydroxylation is 1. The molecule has 0 spiro atoms. The van der Waals surface area contributed by atoms with E-state index < -0.39 is 11.8 Å². The van der Waals surface area contributed by atoms with Crippen LogP contribution in [0.3, 0.4) is 0 Å². The minimum atomic E-state index is -0.716. The van der Waals surface area contributed by atoms with Gasteiger partial charge in [-0.2, -0.15) is 0 Å². The van der Waals surface area contributed by atoms with E-state index in [1.807, 2.05) is 19.1 Å². The molecule has 2 aliphatic heterocycles. The molecular formula is C23H30N4O6. The first-order valence-corrected chi connectivity index (χ1v) is 11.0. The zero-order valence-electron chi connectivity index (χ0n) is 19.7. The second kappa shape index (κ2) is 9.30. The molecular weight excluding hydrogens is 428 g/mol. The molecule has 0 saturated carbocycles. The summed E-state index contributed by atoms with van der Waals surface area (Å²) in [6.45, 7) is 9.54. The van der Waals surface area contributed by atoms with Crippen LogP contribution in [0.1, 0.15) is 32.8 Å². The predicted octanol–water partition coefficient (Wildman–Crippen LogP) is 3.64. The van der Waals surface area contributed by atoms with Crippen molar-refractivity contribution >= 4 is 17.5 Å². The second-order valence-electron chi connectivity index (χ2n) is 8.98. The number of carbonyl (C=O) groups is 1. The molecule has 2 aromatic rings. The maximum absolute atomic E-state index is 11.9. The van der Waals surface area contributed by atoms with E-state index in [1.54, 1.807) is 45.3 Å². The molecule has 0 radical (unpaired) electrons. The summed E-state index contributed by atoms with van der Waals surface area (Å²) in [5, 5.41) is 1.55. The van der Waals surface area contributed by atoms with Gasteiger partial charge in [0, 0.05) is 24.6 Å². The summed E-state index contributed by atoms with van der Waals surface area (Å²) < 4.78 is 22.4. The van der Waals surface area contributed by atoms with Gasteiger partial charge in [0.15, 0.2) is 5.75 Å². The smallest absolute Gasteiger partial charge is 0.488 e. The van der Waals surface area contributed by atoms with Crippen LogP contribution in [0.4, 0.5) is 16.2 Å². The van der Waals surface area contributed by atoms with Crippen molar-refractivity contribution in [2.45, 2.75) is 45.8 Å². The van der Waals surface area contributed by atoms with Crippen LogP contribution >= 0.6 is 0 Å². The summed E-state index contributed by atoms with van der Waals surface area (Å²) in [4.78, 5) is 28.1. The molecule has 10 nitrogen and oxygen atoms in total. The Hall–Kier alpha value is -3.27. The highest BCUT2D eigenvalue weighted by Crippen LogP contribution is 2.39. The van der Waals surface area contributed by atoms with Gasteiger partial charge < -0.3 is 28.7 Å². The Morgan fingerprint density at radius 2 is 2.00 bits per heavy atom. The second-order valence-corrected chi connectivity index (χ2v) is 8.98. The van der Waals surface area contributed by atoms with E-state index in [4.69, 9.17) is 23.8 Å². The number of hydroxylamine groups is 2. The summed E-state index contributed by atoms with van der Waals surface area (Å²) >= 11 is 0. The maximum atomic E-state index is 11.9. The Labute approximate surface area is 193 Å². The van der Waals surface area contributed by atoms with Gasteiger partial charge in [0.1, 0.15) is 18.3 Å². The lowest BCUT2D eigenvalue weighted by molar-refractivity contribution is -0.132. The van der Waals surface area contributed by atoms with E-state index in [0.717, 1.165) is 16.9 Å². The molecule has 1 saturated heterocycles. The fourth-order valence-corrected chi connectivity index (χ4v) is 3.77. The molecule has 0 N–H and O–H groups in total. The quantitative estimate of drug-likeness (QED) is 0.618. The van der Waals surface area contributed by atoms with Gasteiger partial charge in [-0.3, -0.25) is 0 Å². The van der Waals surface area contributed by atoms with Crippen molar-refractivity contribution in [2.75, 3.05) is 38.3 Å². The van der Waals surface area contributed by atoms with Crippen molar-refractivity contribution in [3.8, 4) is 17.5 Å². The Morgan fingerprint density at radius 1 is 1.18 bits per heavy atom. The molecule has 1 fully saturated rings. The minimum Gasteiger partial charge on any atom is -0.488 e. The zero-order chi connectivity index (χ0) is 23.6. The van der Waals surface area contributed by atoms with Crippen LogP contribution in [0.15, 0.2) is 24.5 Å². The Bertz CT molecular complexity index is 1010. The third-order valence-corrected chi connectivity index (χ3v) is 5.19. The number of carbonyl (C=O) groups excluding carboxylic acids is 1. The van der Waals surface area contributed by atoms with Crippen molar-refractivity contribution in [1.29, 1.82) is 0 Å². The zero-order valence-corrected chi connectivity index (χ0v) is 19.7. The molecule has 178 valence electrons. The van der Waals surface area contributed by atoms with Crippen LogP contribution in [0.2, 0.25) is 0 Å². The molecule has 4 rings (SSSR count). The number of fused-ring (bicyclic) bond motifs is 1. The van der Waals surface area contributed by atoms with E-state index in [9.17, 15) is 4.79 Å². The Balaban J connectivity index is 1.43. The molecule has 2 aromatic heterocycles. The first kappa shape index (κ1) is 22.9. The van der Waals surface area contributed by atoms with E-state index in [1.165, 1.54) is 0 Å². The molecule has 4 heterocycles. The van der Waals surface area contributed by atoms with Gasteiger partial charge in [0.2, 0.25) is 11.8 Å². The van der Waals surface area contributed by atoms with Crippen LogP contribution in [0.5, 0.6) is 17.5 Å². The molecule has 10 heteroatoms. The third-order valence-electron chi connectivity index (χ3n) is 5.19. The van der Waals surface area contributed by atoms with Crippen LogP contribution in [-0.2, 0) is 9.57 Å². The lowest BCUT2D eigenvalue weighted by atomic mass is 10.2. The fraction of sp³-hybridized carbons (Fsp3) is 0.522. The van der Waals surface area contributed by atoms with Gasteiger partial charge in [-0.15, -0.1) is 5.06 Å². The Morgan fingerprint density at radius 3 is 2.73 bits per heavy atom. The van der Waals surface area contributed by atoms with E-state index >= 15 is 0 Å². The first-order chi connectivity index (χ1) is 15.7. The van der Waals surface area contributed by atoms with E-state index in [-0.39, 0.29) is 6.10 Å². The first-order valence-electron chi connectivity index (χ1n) is 11.0. The molecule has 33 heavy (non-hydrogen) atoms. The van der Waals surface area contributed by atoms with Crippen LogP contribution in [0.25, 0.3) is 0 Å². The maximum Gasteiger partial charge on any atom is 0.528 e. The fourth-order valence-electron chi connectivity index (χ4n) is 3.77. The van der Waals surface area contributed by atoms with Gasteiger partial charge >= 0.3 is 6.16 Å². The number of anilines is 2. The average Bonchev–Trinajstić information content (AvgIpc) is 3.18. The highest BCUT2D eigenvalue weighted by molar-refractivity contribution is 5.71. The van der Waals surface area contributed by atoms with Gasteiger partial charge in [0.05, 0.1) is 44.0 Å². The van der Waals surface area contributed by atoms with Gasteiger partial charge in [0.25, 0.3) is 0 Å². The lowest BCUT2D eigenvalue weighted by Crippen LogP contribution is -2.32. The third kappa shape index (κ3) is 5.57. The van der Waals surface area contributed by atoms with Crippen molar-refractivity contribution in [1.82, 2.24) is 15.0 Å². The normalized spacial score (nSPS) is 18.3. The predicted molar refractivity (Wildman–Crippen MR) is 120 cm³/mol. The average molecular weight is 459 g/mol. The van der Waals surface area contributed by atoms with Gasteiger partial charge in [-0.1, -0.05) is 0 Å². The number of hydrogen-bond acceptors (Lipinski definition) is 10. The molecule has 0 aromatic carbocycles. The van der Waals surface area contributed by atoms with E-state index in [2.05, 4.69) is 14.9 Å². The standard InChI is InChI=1S/C23H30N4O6/c1-15-10-16(12-25-21(15)29-5)27-8-9-30-19-13-24-20(11-18(19)27)31-17-6-7-26(14-17)33-22(28)32-23(2,3)4/h10-13,17H,6-9,14H2,1-5H3/t17-/m0/s1. The summed E-state index contributed by atoms with van der Waals surface area (Å²) in [5.41, 5.74) is 2.14. The monoisotopic (exact) mass is 458 g/mol. The number of pyridine rings is 2. The van der Waals surface area contributed by atoms with Gasteiger partial charge in [-0.05, 0) is 33.8 Å². The molecule has 0 amide bonds. The lowest BCUT2D eigenvalue weighted by Gasteiger charge is -2.31. The number of aromatic nitrogens is 2. The highest BCUT2D eigenvalue weighted by Gasteiger charge is 2.30. The summed E-state index contributed by atoms with van der Waals surface area (Å²) in [7, 11) is 1.61. The molecule has 0 aliphatic carbocycles. The molecule has 0 bridgehead atoms. The van der Waals surface area contributed by atoms with Crippen molar-refractivity contribution in [3.05, 3.63) is 30.1 Å². The highest BCUT2D eigenvalue weighted by atomic mass is 16.8. The number of rotatable bonds is 5. The van der Waals surface area contributed by atoms with Crippen molar-refractivity contribution < 1.29 is 28.6 Å². The van der Waals surface area contributed by atoms with Crippen LogP contribution in [-0.4, -0.2) is 66.2 Å². The molecule has 1 atom stereocenters. The number of methoxy groups -OCH3 is 1. The van der Waals surface area contributed by atoms with Crippen LogP contribution in [0, 0.1) is 6.92 Å². The summed E-state index contributed by atoms with van der Waals surface area (Å²) in [5.74, 6) is 1.76. The van der Waals surface area contributed by atoms with Crippen LogP contribution < -0.4 is 19.1 Å². The number of nitrogens with zero attached hydrogens (tertiary/aromatic N) is 4. The molecule has 2 aliphatic rings. The summed E-state index contributed by atoms with van der Waals surface area (Å²) in [6, 6.07) is 3.90. The van der Waals surface area contributed by atoms with Crippen molar-refractivity contribution in [3.63, 3.8) is 0 Å². The topological polar surface area (TPSA) is 95.5 Å². The van der Waals surface area contributed by atoms with Crippen molar-refractivity contribution in [2.24, 2.45) is 0 Å². The SMILES string of the molecule is COc1ncc(N2CCOc3cnc(O[C@H]4CCN(OC(=O)OC(C)(C)C)C4)cc32)cc1C. The minimum absolute atomic E-state index is 0.166. The largest absolute Gasteiger partial charge is 0.528 e. The number of ether oxygens (including phenoxy) is 4. The van der Waals surface area contributed by atoms with E-state index in [0.29, 0.717) is 50.2 Å².